The van der Waals surface area contributed by atoms with Crippen LogP contribution in [-0.2, 0) is 0 Å². The predicted octanol–water partition coefficient (Wildman–Crippen LogP) is 2.10. The molecule has 3 nitrogen and oxygen atoms in total. The smallest absolute Gasteiger partial charge is 0.161 e. The number of rotatable bonds is 5. The Bertz CT molecular complexity index is 332. The third kappa shape index (κ3) is 3.29. The molecule has 1 rings (SSSR count). The average Bonchev–Trinajstić information content (AvgIpc) is 2.27. The van der Waals surface area contributed by atoms with Gasteiger partial charge in [-0.25, -0.2) is 0 Å². The molecular formula is C12H16O3. The van der Waals surface area contributed by atoms with Gasteiger partial charge in [-0.3, -0.25) is 0 Å². The van der Waals surface area contributed by atoms with Crippen LogP contribution in [0.25, 0.3) is 6.08 Å². The van der Waals surface area contributed by atoms with Crippen molar-refractivity contribution in [3.63, 3.8) is 0 Å². The second-order valence-corrected chi connectivity index (χ2v) is 2.98. The first-order chi connectivity index (χ1) is 7.31. The van der Waals surface area contributed by atoms with Crippen molar-refractivity contribution in [3.8, 4) is 11.5 Å². The van der Waals surface area contributed by atoms with E-state index in [1.807, 2.05) is 37.3 Å². The minimum absolute atomic E-state index is 0.000230. The van der Waals surface area contributed by atoms with Gasteiger partial charge in [-0.15, -0.1) is 0 Å². The number of aliphatic hydroxyl groups excluding tert-OH is 1. The van der Waals surface area contributed by atoms with Gasteiger partial charge in [-0.05, 0) is 24.6 Å². The summed E-state index contributed by atoms with van der Waals surface area (Å²) >= 11 is 0. The summed E-state index contributed by atoms with van der Waals surface area (Å²) in [6.07, 6.45) is 3.95. The van der Waals surface area contributed by atoms with Crippen LogP contribution in [-0.4, -0.2) is 25.4 Å². The van der Waals surface area contributed by atoms with E-state index in [0.29, 0.717) is 11.5 Å². The monoisotopic (exact) mass is 208 g/mol. The molecule has 82 valence electrons. The molecule has 0 aromatic heterocycles. The largest absolute Gasteiger partial charge is 0.493 e. The molecule has 0 saturated heterocycles. The second-order valence-electron chi connectivity index (χ2n) is 2.98. The van der Waals surface area contributed by atoms with Crippen molar-refractivity contribution >= 4 is 6.08 Å². The molecule has 0 fully saturated rings. The Hall–Kier alpha value is -1.48. The van der Waals surface area contributed by atoms with Crippen LogP contribution in [0.15, 0.2) is 24.3 Å². The first-order valence-electron chi connectivity index (χ1n) is 4.86. The Balaban J connectivity index is 2.88. The summed E-state index contributed by atoms with van der Waals surface area (Å²) in [6.45, 7) is 2.24. The SMILES string of the molecule is C/C=C/c1ccc(OCCO)c(OC)c1. The lowest BCUT2D eigenvalue weighted by Gasteiger charge is -2.10. The van der Waals surface area contributed by atoms with E-state index in [2.05, 4.69) is 0 Å². The molecular weight excluding hydrogens is 192 g/mol. The van der Waals surface area contributed by atoms with Crippen molar-refractivity contribution in [1.29, 1.82) is 0 Å². The van der Waals surface area contributed by atoms with Gasteiger partial charge in [-0.1, -0.05) is 18.2 Å². The van der Waals surface area contributed by atoms with Crippen LogP contribution >= 0.6 is 0 Å². The quantitative estimate of drug-likeness (QED) is 0.805. The molecule has 0 aliphatic rings. The minimum Gasteiger partial charge on any atom is -0.493 e. The molecule has 0 heterocycles. The minimum atomic E-state index is -0.000230. The molecule has 15 heavy (non-hydrogen) atoms. The molecule has 0 saturated carbocycles. The Morgan fingerprint density at radius 3 is 2.73 bits per heavy atom. The van der Waals surface area contributed by atoms with E-state index >= 15 is 0 Å². The number of hydrogen-bond donors (Lipinski definition) is 1. The van der Waals surface area contributed by atoms with Crippen molar-refractivity contribution in [3.05, 3.63) is 29.8 Å². The van der Waals surface area contributed by atoms with E-state index < -0.39 is 0 Å². The highest BCUT2D eigenvalue weighted by Gasteiger charge is 2.03. The highest BCUT2D eigenvalue weighted by Crippen LogP contribution is 2.28. The third-order valence-corrected chi connectivity index (χ3v) is 1.90. The second kappa shape index (κ2) is 6.09. The summed E-state index contributed by atoms with van der Waals surface area (Å²) in [5, 5.41) is 8.65. The van der Waals surface area contributed by atoms with E-state index in [-0.39, 0.29) is 13.2 Å². The lowest BCUT2D eigenvalue weighted by molar-refractivity contribution is 0.196. The van der Waals surface area contributed by atoms with Crippen LogP contribution in [0.2, 0.25) is 0 Å². The summed E-state index contributed by atoms with van der Waals surface area (Å²) in [7, 11) is 1.60. The predicted molar refractivity (Wildman–Crippen MR) is 60.3 cm³/mol. The summed E-state index contributed by atoms with van der Waals surface area (Å²) < 4.78 is 10.5. The zero-order chi connectivity index (χ0) is 11.1. The molecule has 1 N–H and O–H groups in total. The fraction of sp³-hybridized carbons (Fsp3) is 0.333. The van der Waals surface area contributed by atoms with Crippen LogP contribution in [0, 0.1) is 0 Å². The van der Waals surface area contributed by atoms with Gasteiger partial charge in [-0.2, -0.15) is 0 Å². The molecule has 0 unspecified atom stereocenters. The fourth-order valence-electron chi connectivity index (χ4n) is 1.26. The topological polar surface area (TPSA) is 38.7 Å². The lowest BCUT2D eigenvalue weighted by atomic mass is 10.2. The maximum absolute atomic E-state index is 8.65. The van der Waals surface area contributed by atoms with Crippen molar-refractivity contribution in [2.24, 2.45) is 0 Å². The highest BCUT2D eigenvalue weighted by atomic mass is 16.5. The van der Waals surface area contributed by atoms with Gasteiger partial charge in [0, 0.05) is 0 Å². The van der Waals surface area contributed by atoms with Gasteiger partial charge in [0.05, 0.1) is 13.7 Å². The molecule has 0 aliphatic heterocycles. The van der Waals surface area contributed by atoms with Crippen LogP contribution in [0.3, 0.4) is 0 Å². The van der Waals surface area contributed by atoms with E-state index in [9.17, 15) is 0 Å². The molecule has 0 spiro atoms. The normalized spacial score (nSPS) is 10.6. The number of benzene rings is 1. The summed E-state index contributed by atoms with van der Waals surface area (Å²) in [6, 6.07) is 5.67. The molecule has 0 bridgehead atoms. The Morgan fingerprint density at radius 1 is 1.33 bits per heavy atom. The van der Waals surface area contributed by atoms with Crippen LogP contribution in [0.4, 0.5) is 0 Å². The van der Waals surface area contributed by atoms with E-state index in [4.69, 9.17) is 14.6 Å². The molecule has 0 amide bonds. The van der Waals surface area contributed by atoms with Gasteiger partial charge >= 0.3 is 0 Å². The van der Waals surface area contributed by atoms with Crippen LogP contribution < -0.4 is 9.47 Å². The summed E-state index contributed by atoms with van der Waals surface area (Å²) in [4.78, 5) is 0. The zero-order valence-electron chi connectivity index (χ0n) is 9.06. The third-order valence-electron chi connectivity index (χ3n) is 1.90. The summed E-state index contributed by atoms with van der Waals surface area (Å²) in [5.74, 6) is 1.33. The molecule has 1 aromatic carbocycles. The number of hydrogen-bond acceptors (Lipinski definition) is 3. The number of ether oxygens (including phenoxy) is 2. The first kappa shape index (κ1) is 11.6. The van der Waals surface area contributed by atoms with Gasteiger partial charge in [0.2, 0.25) is 0 Å². The van der Waals surface area contributed by atoms with Gasteiger partial charge in [0.25, 0.3) is 0 Å². The molecule has 0 atom stereocenters. The average molecular weight is 208 g/mol. The number of methoxy groups -OCH3 is 1. The number of aliphatic hydroxyl groups is 1. The summed E-state index contributed by atoms with van der Waals surface area (Å²) in [5.41, 5.74) is 1.06. The molecule has 0 radical (unpaired) electrons. The van der Waals surface area contributed by atoms with Crippen molar-refractivity contribution in [2.75, 3.05) is 20.3 Å². The van der Waals surface area contributed by atoms with Gasteiger partial charge in [0.1, 0.15) is 6.61 Å². The lowest BCUT2D eigenvalue weighted by Crippen LogP contribution is -2.02. The van der Waals surface area contributed by atoms with Crippen molar-refractivity contribution in [2.45, 2.75) is 6.92 Å². The van der Waals surface area contributed by atoms with Crippen molar-refractivity contribution in [1.82, 2.24) is 0 Å². The fourth-order valence-corrected chi connectivity index (χ4v) is 1.26. The Kier molecular flexibility index (Phi) is 4.71. The molecule has 1 aromatic rings. The van der Waals surface area contributed by atoms with Crippen LogP contribution in [0.5, 0.6) is 11.5 Å². The van der Waals surface area contributed by atoms with Gasteiger partial charge < -0.3 is 14.6 Å². The number of allylic oxidation sites excluding steroid dienone is 1. The van der Waals surface area contributed by atoms with E-state index in [1.54, 1.807) is 7.11 Å². The van der Waals surface area contributed by atoms with Crippen molar-refractivity contribution < 1.29 is 14.6 Å². The maximum Gasteiger partial charge on any atom is 0.161 e. The molecule has 0 aliphatic carbocycles. The van der Waals surface area contributed by atoms with E-state index in [1.165, 1.54) is 0 Å². The standard InChI is InChI=1S/C12H16O3/c1-3-4-10-5-6-11(15-8-7-13)12(9-10)14-2/h3-6,9,13H,7-8H2,1-2H3/b4-3+. The molecule has 3 heteroatoms. The Labute approximate surface area is 90.0 Å². The zero-order valence-corrected chi connectivity index (χ0v) is 9.06. The van der Waals surface area contributed by atoms with Crippen LogP contribution in [0.1, 0.15) is 12.5 Å². The van der Waals surface area contributed by atoms with E-state index in [0.717, 1.165) is 5.56 Å². The highest BCUT2D eigenvalue weighted by molar-refractivity contribution is 5.55. The maximum atomic E-state index is 8.65. The van der Waals surface area contributed by atoms with Gasteiger partial charge in [0.15, 0.2) is 11.5 Å². The Morgan fingerprint density at radius 2 is 2.13 bits per heavy atom. The first-order valence-corrected chi connectivity index (χ1v) is 4.86.